The van der Waals surface area contributed by atoms with E-state index < -0.39 is 5.82 Å². The Morgan fingerprint density at radius 1 is 1.42 bits per heavy atom. The smallest absolute Gasteiger partial charge is 0.124 e. The molecule has 0 bridgehead atoms. The van der Waals surface area contributed by atoms with Crippen molar-refractivity contribution in [3.8, 4) is 0 Å². The van der Waals surface area contributed by atoms with Crippen LogP contribution in [-0.2, 0) is 5.75 Å². The molecule has 0 aliphatic rings. The first-order chi connectivity index (χ1) is 9.06. The van der Waals surface area contributed by atoms with Gasteiger partial charge in [-0.2, -0.15) is 0 Å². The van der Waals surface area contributed by atoms with Crippen LogP contribution in [0.3, 0.4) is 0 Å². The summed E-state index contributed by atoms with van der Waals surface area (Å²) in [7, 11) is 0. The number of halogens is 2. The highest BCUT2D eigenvalue weighted by molar-refractivity contribution is 7.98. The lowest BCUT2D eigenvalue weighted by Crippen LogP contribution is -2.11. The fourth-order valence-electron chi connectivity index (χ4n) is 1.52. The van der Waals surface area contributed by atoms with Crippen molar-refractivity contribution < 1.29 is 4.39 Å². The van der Waals surface area contributed by atoms with E-state index in [2.05, 4.69) is 4.98 Å². The molecule has 0 aliphatic heterocycles. The number of amidine groups is 1. The zero-order valence-corrected chi connectivity index (χ0v) is 11.4. The molecule has 0 unspecified atom stereocenters. The minimum atomic E-state index is -0.407. The van der Waals surface area contributed by atoms with Crippen molar-refractivity contribution in [3.05, 3.63) is 58.5 Å². The highest BCUT2D eigenvalue weighted by Gasteiger charge is 2.06. The van der Waals surface area contributed by atoms with Crippen LogP contribution >= 0.6 is 23.4 Å². The summed E-state index contributed by atoms with van der Waals surface area (Å²) in [6.45, 7) is 0. The second-order valence-corrected chi connectivity index (χ2v) is 5.21. The first kappa shape index (κ1) is 13.8. The number of nitrogens with zero attached hydrogens (tertiary/aromatic N) is 1. The van der Waals surface area contributed by atoms with Gasteiger partial charge < -0.3 is 5.73 Å². The number of rotatable bonds is 4. The van der Waals surface area contributed by atoms with E-state index in [-0.39, 0.29) is 5.84 Å². The number of hydrogen-bond acceptors (Lipinski definition) is 3. The molecule has 0 fully saturated rings. The average molecular weight is 296 g/mol. The topological polar surface area (TPSA) is 62.8 Å². The number of hydrogen-bond donors (Lipinski definition) is 2. The highest BCUT2D eigenvalue weighted by atomic mass is 35.5. The third-order valence-corrected chi connectivity index (χ3v) is 3.86. The number of nitrogen functional groups attached to an aromatic ring is 1. The molecule has 19 heavy (non-hydrogen) atoms. The highest BCUT2D eigenvalue weighted by Crippen LogP contribution is 2.27. The molecular weight excluding hydrogens is 285 g/mol. The van der Waals surface area contributed by atoms with Crippen LogP contribution in [0.5, 0.6) is 0 Å². The molecule has 2 rings (SSSR count). The minimum absolute atomic E-state index is 0.151. The number of nitrogens with one attached hydrogen (secondary N) is 1. The zero-order chi connectivity index (χ0) is 13.8. The van der Waals surface area contributed by atoms with E-state index in [4.69, 9.17) is 22.7 Å². The van der Waals surface area contributed by atoms with Crippen LogP contribution in [0.15, 0.2) is 41.6 Å². The lowest BCUT2D eigenvalue weighted by molar-refractivity contribution is 0.626. The summed E-state index contributed by atoms with van der Waals surface area (Å²) >= 11 is 7.40. The molecule has 1 heterocycles. The van der Waals surface area contributed by atoms with Gasteiger partial charge in [-0.1, -0.05) is 11.6 Å². The molecule has 0 saturated heterocycles. The SMILES string of the molecule is N=C(N)c1cc(F)cc(CSc2ncccc2Cl)c1. The molecule has 0 aliphatic carbocycles. The molecular formula is C13H11ClFN3S. The number of pyridine rings is 1. The monoisotopic (exact) mass is 295 g/mol. The van der Waals surface area contributed by atoms with Gasteiger partial charge in [0.05, 0.1) is 5.02 Å². The van der Waals surface area contributed by atoms with Gasteiger partial charge in [-0.25, -0.2) is 9.37 Å². The first-order valence-corrected chi connectivity index (χ1v) is 6.80. The van der Waals surface area contributed by atoms with Crippen LogP contribution in [0.1, 0.15) is 11.1 Å². The molecule has 1 aromatic heterocycles. The van der Waals surface area contributed by atoms with Gasteiger partial charge in [-0.15, -0.1) is 11.8 Å². The Labute approximate surface area is 119 Å². The number of aromatic nitrogens is 1. The fourth-order valence-corrected chi connectivity index (χ4v) is 2.61. The molecule has 6 heteroatoms. The lowest BCUT2D eigenvalue weighted by Gasteiger charge is -2.06. The average Bonchev–Trinajstić information content (AvgIpc) is 2.37. The van der Waals surface area contributed by atoms with Crippen molar-refractivity contribution >= 4 is 29.2 Å². The molecule has 0 radical (unpaired) electrons. The van der Waals surface area contributed by atoms with Gasteiger partial charge in [0.25, 0.3) is 0 Å². The van der Waals surface area contributed by atoms with Gasteiger partial charge in [0.2, 0.25) is 0 Å². The molecule has 3 nitrogen and oxygen atoms in total. The Hall–Kier alpha value is -1.59. The third kappa shape index (κ3) is 3.68. The van der Waals surface area contributed by atoms with Gasteiger partial charge in [0, 0.05) is 17.5 Å². The van der Waals surface area contributed by atoms with E-state index in [0.717, 1.165) is 5.56 Å². The maximum Gasteiger partial charge on any atom is 0.124 e. The second-order valence-electron chi connectivity index (χ2n) is 3.84. The molecule has 2 aromatic rings. The van der Waals surface area contributed by atoms with Crippen molar-refractivity contribution in [2.45, 2.75) is 10.8 Å². The van der Waals surface area contributed by atoms with Crippen molar-refractivity contribution in [2.75, 3.05) is 0 Å². The van der Waals surface area contributed by atoms with Gasteiger partial charge in [0.15, 0.2) is 0 Å². The fraction of sp³-hybridized carbons (Fsp3) is 0.0769. The summed E-state index contributed by atoms with van der Waals surface area (Å²) in [4.78, 5) is 4.14. The van der Waals surface area contributed by atoms with Gasteiger partial charge in [0.1, 0.15) is 16.7 Å². The van der Waals surface area contributed by atoms with Crippen molar-refractivity contribution in [1.82, 2.24) is 4.98 Å². The van der Waals surface area contributed by atoms with Crippen LogP contribution in [0.25, 0.3) is 0 Å². The molecule has 0 saturated carbocycles. The van der Waals surface area contributed by atoms with E-state index >= 15 is 0 Å². The van der Waals surface area contributed by atoms with Gasteiger partial charge >= 0.3 is 0 Å². The summed E-state index contributed by atoms with van der Waals surface area (Å²) in [5.41, 5.74) is 6.47. The maximum atomic E-state index is 13.4. The Balaban J connectivity index is 2.16. The lowest BCUT2D eigenvalue weighted by atomic mass is 10.1. The van der Waals surface area contributed by atoms with Crippen LogP contribution in [-0.4, -0.2) is 10.8 Å². The second kappa shape index (κ2) is 6.04. The first-order valence-electron chi connectivity index (χ1n) is 5.43. The zero-order valence-electron chi connectivity index (χ0n) is 9.86. The predicted molar refractivity (Wildman–Crippen MR) is 76.2 cm³/mol. The van der Waals surface area contributed by atoms with Gasteiger partial charge in [-0.05, 0) is 35.9 Å². The normalized spacial score (nSPS) is 10.4. The van der Waals surface area contributed by atoms with E-state index in [1.165, 1.54) is 23.9 Å². The summed E-state index contributed by atoms with van der Waals surface area (Å²) < 4.78 is 13.4. The van der Waals surface area contributed by atoms with Crippen molar-refractivity contribution in [2.24, 2.45) is 5.73 Å². The van der Waals surface area contributed by atoms with E-state index in [0.29, 0.717) is 21.4 Å². The summed E-state index contributed by atoms with van der Waals surface area (Å²) in [5, 5.41) is 8.59. The van der Waals surface area contributed by atoms with E-state index in [9.17, 15) is 4.39 Å². The molecule has 0 amide bonds. The quantitative estimate of drug-likeness (QED) is 0.516. The Bertz CT molecular complexity index is 619. The van der Waals surface area contributed by atoms with Gasteiger partial charge in [-0.3, -0.25) is 5.41 Å². The largest absolute Gasteiger partial charge is 0.384 e. The van der Waals surface area contributed by atoms with Crippen LogP contribution < -0.4 is 5.73 Å². The Morgan fingerprint density at radius 2 is 2.21 bits per heavy atom. The van der Waals surface area contributed by atoms with E-state index in [1.54, 1.807) is 24.4 Å². The van der Waals surface area contributed by atoms with Crippen molar-refractivity contribution in [3.63, 3.8) is 0 Å². The summed E-state index contributed by atoms with van der Waals surface area (Å²) in [5.74, 6) is -0.0496. The number of thioether (sulfide) groups is 1. The number of nitrogens with two attached hydrogens (primary N) is 1. The van der Waals surface area contributed by atoms with Crippen LogP contribution in [0.4, 0.5) is 4.39 Å². The predicted octanol–water partition coefficient (Wildman–Crippen LogP) is 3.45. The third-order valence-electron chi connectivity index (χ3n) is 2.37. The summed E-state index contributed by atoms with van der Waals surface area (Å²) in [6.07, 6.45) is 1.65. The molecule has 0 spiro atoms. The number of benzene rings is 1. The molecule has 1 aromatic carbocycles. The Morgan fingerprint density at radius 3 is 2.89 bits per heavy atom. The Kier molecular flexibility index (Phi) is 4.39. The maximum absolute atomic E-state index is 13.4. The van der Waals surface area contributed by atoms with Crippen LogP contribution in [0, 0.1) is 11.2 Å². The van der Waals surface area contributed by atoms with Crippen LogP contribution in [0.2, 0.25) is 5.02 Å². The van der Waals surface area contributed by atoms with Crippen molar-refractivity contribution in [1.29, 1.82) is 5.41 Å². The molecule has 98 valence electrons. The molecule has 3 N–H and O–H groups in total. The van der Waals surface area contributed by atoms with E-state index in [1.807, 2.05) is 0 Å². The summed E-state index contributed by atoms with van der Waals surface area (Å²) in [6, 6.07) is 7.85. The molecule has 0 atom stereocenters. The minimum Gasteiger partial charge on any atom is -0.384 e. The standard InChI is InChI=1S/C13H11ClFN3S/c14-11-2-1-3-18-13(11)19-7-8-4-9(12(16)17)6-10(15)5-8/h1-6H,7H2,(H3,16,17).